The van der Waals surface area contributed by atoms with Gasteiger partial charge in [0, 0.05) is 19.2 Å². The molecule has 0 fully saturated rings. The Hall–Kier alpha value is -4.57. The van der Waals surface area contributed by atoms with Gasteiger partial charge < -0.3 is 24.8 Å². The normalized spacial score (nSPS) is 12.0. The summed E-state index contributed by atoms with van der Waals surface area (Å²) in [5.41, 5.74) is 1.88. The van der Waals surface area contributed by atoms with Gasteiger partial charge in [-0.05, 0) is 36.6 Å². The molecule has 0 radical (unpaired) electrons. The fourth-order valence-electron chi connectivity index (χ4n) is 3.61. The molecule has 210 valence electrons. The van der Waals surface area contributed by atoms with Gasteiger partial charge >= 0.3 is 11.9 Å². The smallest absolute Gasteiger partial charge is 0.332 e. The molecule has 0 spiro atoms. The van der Waals surface area contributed by atoms with Crippen LogP contribution in [0.1, 0.15) is 41.4 Å². The van der Waals surface area contributed by atoms with E-state index in [-0.39, 0.29) is 38.5 Å². The summed E-state index contributed by atoms with van der Waals surface area (Å²) < 4.78 is 16.0. The quantitative estimate of drug-likeness (QED) is 0.219. The highest BCUT2D eigenvalue weighted by Crippen LogP contribution is 2.06. The van der Waals surface area contributed by atoms with Crippen molar-refractivity contribution in [2.24, 2.45) is 0 Å². The molecule has 0 bridgehead atoms. The van der Waals surface area contributed by atoms with E-state index in [0.717, 1.165) is 11.1 Å². The zero-order chi connectivity index (χ0) is 28.6. The van der Waals surface area contributed by atoms with Crippen LogP contribution in [0.4, 0.5) is 0 Å². The third-order valence-corrected chi connectivity index (χ3v) is 5.68. The summed E-state index contributed by atoms with van der Waals surface area (Å²) in [5.74, 6) is -2.26. The first-order valence-corrected chi connectivity index (χ1v) is 12.9. The van der Waals surface area contributed by atoms with Crippen LogP contribution in [-0.4, -0.2) is 54.0 Å². The molecule has 2 amide bonds. The van der Waals surface area contributed by atoms with E-state index >= 15 is 0 Å². The Balaban J connectivity index is 1.49. The van der Waals surface area contributed by atoms with Crippen LogP contribution in [-0.2, 0) is 41.8 Å². The molecular weight excluding hydrogens is 514 g/mol. The van der Waals surface area contributed by atoms with Crippen molar-refractivity contribution in [3.63, 3.8) is 0 Å². The monoisotopic (exact) mass is 547 g/mol. The number of hydrogen-bond donors (Lipinski definition) is 2. The number of carbonyl (C=O) groups excluding carboxylic acids is 4. The van der Waals surface area contributed by atoms with Gasteiger partial charge in [0.2, 0.25) is 5.91 Å². The number of esters is 2. The SMILES string of the molecule is C[C@@H](OC(=O)COCc1ccccc1)[C@H](NC(=O)c1ccccn1)C(=O)NCCCC(=O)OCc1ccccc1. The van der Waals surface area contributed by atoms with E-state index in [2.05, 4.69) is 15.6 Å². The lowest BCUT2D eigenvalue weighted by Gasteiger charge is -2.24. The summed E-state index contributed by atoms with van der Waals surface area (Å²) in [6.07, 6.45) is 0.855. The molecule has 1 aromatic heterocycles. The van der Waals surface area contributed by atoms with E-state index in [0.29, 0.717) is 6.42 Å². The van der Waals surface area contributed by atoms with Gasteiger partial charge in [0.05, 0.1) is 6.61 Å². The van der Waals surface area contributed by atoms with Crippen LogP contribution in [0.5, 0.6) is 0 Å². The number of benzene rings is 2. The molecule has 10 heteroatoms. The first kappa shape index (κ1) is 30.0. The third kappa shape index (κ3) is 10.7. The van der Waals surface area contributed by atoms with Crippen molar-refractivity contribution < 1.29 is 33.4 Å². The highest BCUT2D eigenvalue weighted by atomic mass is 16.6. The summed E-state index contributed by atoms with van der Waals surface area (Å²) in [6, 6.07) is 22.2. The lowest BCUT2D eigenvalue weighted by atomic mass is 10.1. The average molecular weight is 548 g/mol. The molecule has 0 saturated carbocycles. The maximum atomic E-state index is 13.0. The van der Waals surface area contributed by atoms with Crippen LogP contribution < -0.4 is 10.6 Å². The van der Waals surface area contributed by atoms with E-state index < -0.39 is 35.9 Å². The van der Waals surface area contributed by atoms with Crippen molar-refractivity contribution in [1.29, 1.82) is 0 Å². The second-order valence-corrected chi connectivity index (χ2v) is 8.88. The number of ether oxygens (including phenoxy) is 3. The van der Waals surface area contributed by atoms with E-state index in [4.69, 9.17) is 14.2 Å². The Labute approximate surface area is 233 Å². The highest BCUT2D eigenvalue weighted by molar-refractivity contribution is 5.96. The van der Waals surface area contributed by atoms with Crippen molar-refractivity contribution in [1.82, 2.24) is 15.6 Å². The largest absolute Gasteiger partial charge is 0.461 e. The average Bonchev–Trinajstić information content (AvgIpc) is 2.98. The van der Waals surface area contributed by atoms with Crippen LogP contribution in [0.15, 0.2) is 85.1 Å². The molecular formula is C30H33N3O7. The second-order valence-electron chi connectivity index (χ2n) is 8.88. The van der Waals surface area contributed by atoms with Gasteiger partial charge in [-0.3, -0.25) is 19.4 Å². The molecule has 0 aliphatic heterocycles. The molecule has 2 aromatic carbocycles. The molecule has 3 rings (SSSR count). The first-order chi connectivity index (χ1) is 19.4. The fourth-order valence-corrected chi connectivity index (χ4v) is 3.61. The minimum absolute atomic E-state index is 0.0986. The lowest BCUT2D eigenvalue weighted by molar-refractivity contribution is -0.156. The summed E-state index contributed by atoms with van der Waals surface area (Å²) in [7, 11) is 0. The fraction of sp³-hybridized carbons (Fsp3) is 0.300. The molecule has 0 unspecified atom stereocenters. The van der Waals surface area contributed by atoms with Gasteiger partial charge in [0.1, 0.15) is 31.1 Å². The Morgan fingerprint density at radius 2 is 1.48 bits per heavy atom. The maximum absolute atomic E-state index is 13.0. The molecule has 0 aliphatic carbocycles. The van der Waals surface area contributed by atoms with Crippen LogP contribution in [0, 0.1) is 0 Å². The van der Waals surface area contributed by atoms with Crippen LogP contribution >= 0.6 is 0 Å². The number of nitrogens with one attached hydrogen (secondary N) is 2. The number of nitrogens with zero attached hydrogens (tertiary/aromatic N) is 1. The van der Waals surface area contributed by atoms with Gasteiger partial charge in [0.25, 0.3) is 5.91 Å². The van der Waals surface area contributed by atoms with E-state index in [9.17, 15) is 19.2 Å². The predicted molar refractivity (Wildman–Crippen MR) is 146 cm³/mol. The molecule has 2 N–H and O–H groups in total. The zero-order valence-electron chi connectivity index (χ0n) is 22.3. The predicted octanol–water partition coefficient (Wildman–Crippen LogP) is 2.97. The minimum atomic E-state index is -1.21. The number of hydrogen-bond acceptors (Lipinski definition) is 8. The second kappa shape index (κ2) is 16.4. The Kier molecular flexibility index (Phi) is 12.3. The van der Waals surface area contributed by atoms with Crippen LogP contribution in [0.25, 0.3) is 0 Å². The van der Waals surface area contributed by atoms with E-state index in [1.165, 1.54) is 19.2 Å². The number of pyridine rings is 1. The van der Waals surface area contributed by atoms with Crippen molar-refractivity contribution >= 4 is 23.8 Å². The molecule has 0 aliphatic rings. The van der Waals surface area contributed by atoms with Crippen molar-refractivity contribution in [2.75, 3.05) is 13.2 Å². The number of amides is 2. The number of rotatable bonds is 15. The van der Waals surface area contributed by atoms with Crippen LogP contribution in [0.2, 0.25) is 0 Å². The van der Waals surface area contributed by atoms with Crippen molar-refractivity contribution in [3.05, 3.63) is 102 Å². The van der Waals surface area contributed by atoms with Gasteiger partial charge in [-0.15, -0.1) is 0 Å². The molecule has 3 aromatic rings. The Morgan fingerprint density at radius 3 is 2.12 bits per heavy atom. The minimum Gasteiger partial charge on any atom is -0.461 e. The number of aromatic nitrogens is 1. The standard InChI is InChI=1S/C30H33N3O7/c1-22(40-27(35)21-38-19-23-11-4-2-5-12-23)28(33-29(36)25-15-8-9-17-31-25)30(37)32-18-10-16-26(34)39-20-24-13-6-3-7-14-24/h2-9,11-15,17,22,28H,10,16,18-21H2,1H3,(H,32,37)(H,33,36)/t22-,28+/m1/s1. The summed E-state index contributed by atoms with van der Waals surface area (Å²) >= 11 is 0. The van der Waals surface area contributed by atoms with Crippen LogP contribution in [0.3, 0.4) is 0 Å². The molecule has 10 nitrogen and oxygen atoms in total. The molecule has 40 heavy (non-hydrogen) atoms. The number of carbonyl (C=O) groups is 4. The molecule has 2 atom stereocenters. The van der Waals surface area contributed by atoms with Gasteiger partial charge in [0.15, 0.2) is 0 Å². The lowest BCUT2D eigenvalue weighted by Crippen LogP contribution is -2.54. The third-order valence-electron chi connectivity index (χ3n) is 5.68. The van der Waals surface area contributed by atoms with Crippen molar-refractivity contribution in [3.8, 4) is 0 Å². The summed E-state index contributed by atoms with van der Waals surface area (Å²) in [4.78, 5) is 54.1. The van der Waals surface area contributed by atoms with Gasteiger partial charge in [-0.25, -0.2) is 4.79 Å². The highest BCUT2D eigenvalue weighted by Gasteiger charge is 2.30. The van der Waals surface area contributed by atoms with E-state index in [1.54, 1.807) is 12.1 Å². The molecule has 1 heterocycles. The van der Waals surface area contributed by atoms with E-state index in [1.807, 2.05) is 60.7 Å². The summed E-state index contributed by atoms with van der Waals surface area (Å²) in [6.45, 7) is 1.71. The Morgan fingerprint density at radius 1 is 0.825 bits per heavy atom. The zero-order valence-corrected chi connectivity index (χ0v) is 22.3. The topological polar surface area (TPSA) is 133 Å². The Bertz CT molecular complexity index is 1220. The van der Waals surface area contributed by atoms with Gasteiger partial charge in [-0.2, -0.15) is 0 Å². The van der Waals surface area contributed by atoms with Gasteiger partial charge in [-0.1, -0.05) is 66.7 Å². The van der Waals surface area contributed by atoms with Crippen molar-refractivity contribution in [2.45, 2.75) is 45.1 Å². The maximum Gasteiger partial charge on any atom is 0.332 e. The summed E-state index contributed by atoms with van der Waals surface area (Å²) in [5, 5.41) is 5.27. The first-order valence-electron chi connectivity index (χ1n) is 12.9. The molecule has 0 saturated heterocycles.